The van der Waals surface area contributed by atoms with Crippen molar-refractivity contribution in [3.8, 4) is 0 Å². The van der Waals surface area contributed by atoms with Gasteiger partial charge in [0.05, 0.1) is 6.10 Å². The molecule has 23 heavy (non-hydrogen) atoms. The zero-order valence-corrected chi connectivity index (χ0v) is 14.4. The number of rotatable bonds is 8. The molecule has 2 unspecified atom stereocenters. The third-order valence-corrected chi connectivity index (χ3v) is 4.88. The van der Waals surface area contributed by atoms with E-state index in [-0.39, 0.29) is 17.9 Å². The van der Waals surface area contributed by atoms with Gasteiger partial charge in [-0.05, 0) is 17.7 Å². The molecule has 0 heterocycles. The molecule has 0 aliphatic carbocycles. The van der Waals surface area contributed by atoms with Crippen LogP contribution in [-0.4, -0.2) is 25.3 Å². The van der Waals surface area contributed by atoms with Crippen molar-refractivity contribution in [2.75, 3.05) is 19.4 Å². The smallest absolute Gasteiger partial charge is 0.223 e. The van der Waals surface area contributed by atoms with Crippen LogP contribution in [0.1, 0.15) is 18.6 Å². The van der Waals surface area contributed by atoms with Gasteiger partial charge in [-0.2, -0.15) is 0 Å². The summed E-state index contributed by atoms with van der Waals surface area (Å²) >= 11 is 1.70. The van der Waals surface area contributed by atoms with Crippen molar-refractivity contribution in [2.24, 2.45) is 5.92 Å². The van der Waals surface area contributed by atoms with Gasteiger partial charge >= 0.3 is 0 Å². The third-order valence-electron chi connectivity index (χ3n) is 3.61. The molecule has 0 bridgehead atoms. The van der Waals surface area contributed by atoms with Gasteiger partial charge in [0.2, 0.25) is 5.91 Å². The average Bonchev–Trinajstić information content (AvgIpc) is 2.61. The number of carbonyl (C=O) groups is 1. The van der Waals surface area contributed by atoms with Crippen LogP contribution >= 0.6 is 11.8 Å². The fourth-order valence-electron chi connectivity index (χ4n) is 2.19. The first-order chi connectivity index (χ1) is 11.2. The highest BCUT2D eigenvalue weighted by molar-refractivity contribution is 7.99. The Morgan fingerprint density at radius 1 is 1.09 bits per heavy atom. The summed E-state index contributed by atoms with van der Waals surface area (Å²) < 4.78 is 5.48. The van der Waals surface area contributed by atoms with Crippen LogP contribution in [-0.2, 0) is 9.53 Å². The summed E-state index contributed by atoms with van der Waals surface area (Å²) in [7, 11) is 1.67. The number of thioether (sulfide) groups is 1. The van der Waals surface area contributed by atoms with E-state index in [1.165, 1.54) is 4.90 Å². The zero-order chi connectivity index (χ0) is 16.5. The maximum absolute atomic E-state index is 12.2. The molecular formula is C19H23NO2S. The van der Waals surface area contributed by atoms with E-state index >= 15 is 0 Å². The molecule has 2 rings (SSSR count). The Balaban J connectivity index is 1.79. The molecule has 2 atom stereocenters. The Kier molecular flexibility index (Phi) is 7.17. The first-order valence-electron chi connectivity index (χ1n) is 7.74. The highest BCUT2D eigenvalue weighted by atomic mass is 32.2. The minimum Gasteiger partial charge on any atom is -0.375 e. The van der Waals surface area contributed by atoms with Crippen molar-refractivity contribution >= 4 is 17.7 Å². The molecule has 1 N–H and O–H groups in total. The van der Waals surface area contributed by atoms with Crippen molar-refractivity contribution in [3.63, 3.8) is 0 Å². The second-order valence-electron chi connectivity index (χ2n) is 5.41. The summed E-state index contributed by atoms with van der Waals surface area (Å²) in [5.74, 6) is 0.777. The van der Waals surface area contributed by atoms with Gasteiger partial charge in [-0.1, -0.05) is 55.5 Å². The molecule has 2 aromatic carbocycles. The lowest BCUT2D eigenvalue weighted by Crippen LogP contribution is -2.34. The molecule has 0 radical (unpaired) electrons. The summed E-state index contributed by atoms with van der Waals surface area (Å²) in [5, 5.41) is 2.99. The van der Waals surface area contributed by atoms with E-state index in [0.717, 1.165) is 11.3 Å². The summed E-state index contributed by atoms with van der Waals surface area (Å²) in [5.41, 5.74) is 1.07. The highest BCUT2D eigenvalue weighted by Crippen LogP contribution is 2.20. The lowest BCUT2D eigenvalue weighted by molar-refractivity contribution is -0.124. The molecule has 3 nitrogen and oxygen atoms in total. The van der Waals surface area contributed by atoms with Gasteiger partial charge in [-0.3, -0.25) is 4.79 Å². The Hall–Kier alpha value is -1.78. The topological polar surface area (TPSA) is 38.3 Å². The maximum Gasteiger partial charge on any atom is 0.223 e. The van der Waals surface area contributed by atoms with Crippen molar-refractivity contribution < 1.29 is 9.53 Å². The molecule has 0 aromatic heterocycles. The van der Waals surface area contributed by atoms with E-state index < -0.39 is 0 Å². The van der Waals surface area contributed by atoms with E-state index in [2.05, 4.69) is 17.4 Å². The minimum absolute atomic E-state index is 0.0477. The Morgan fingerprint density at radius 2 is 1.70 bits per heavy atom. The van der Waals surface area contributed by atoms with Crippen molar-refractivity contribution in [1.29, 1.82) is 0 Å². The molecule has 122 valence electrons. The number of benzene rings is 2. The van der Waals surface area contributed by atoms with Crippen molar-refractivity contribution in [1.82, 2.24) is 5.32 Å². The molecule has 0 spiro atoms. The quantitative estimate of drug-likeness (QED) is 0.746. The number of hydrogen-bond donors (Lipinski definition) is 1. The Morgan fingerprint density at radius 3 is 2.30 bits per heavy atom. The van der Waals surface area contributed by atoms with Gasteiger partial charge < -0.3 is 10.1 Å². The van der Waals surface area contributed by atoms with Crippen LogP contribution in [0.25, 0.3) is 0 Å². The van der Waals surface area contributed by atoms with Crippen LogP contribution in [0.2, 0.25) is 0 Å². The lowest BCUT2D eigenvalue weighted by Gasteiger charge is -2.18. The number of methoxy groups -OCH3 is 1. The van der Waals surface area contributed by atoms with Gasteiger partial charge in [0.15, 0.2) is 0 Å². The third kappa shape index (κ3) is 5.73. The number of hydrogen-bond acceptors (Lipinski definition) is 3. The molecule has 1 amide bonds. The fourth-order valence-corrected chi connectivity index (χ4v) is 3.13. The van der Waals surface area contributed by atoms with Gasteiger partial charge in [-0.25, -0.2) is 0 Å². The van der Waals surface area contributed by atoms with E-state index in [0.29, 0.717) is 6.54 Å². The normalized spacial score (nSPS) is 13.3. The number of carbonyl (C=O) groups excluding carboxylic acids is 1. The number of amides is 1. The molecule has 0 saturated carbocycles. The monoisotopic (exact) mass is 329 g/mol. The van der Waals surface area contributed by atoms with Crippen LogP contribution in [0.5, 0.6) is 0 Å². The van der Waals surface area contributed by atoms with Crippen LogP contribution in [0.4, 0.5) is 0 Å². The van der Waals surface area contributed by atoms with Gasteiger partial charge in [-0.15, -0.1) is 11.8 Å². The first kappa shape index (κ1) is 17.6. The first-order valence-corrected chi connectivity index (χ1v) is 8.72. The van der Waals surface area contributed by atoms with Crippen LogP contribution in [0.3, 0.4) is 0 Å². The second-order valence-corrected chi connectivity index (χ2v) is 6.50. The SMILES string of the molecule is COC(CNC(=O)C(C)CSc1ccccc1)c1ccccc1. The number of nitrogens with one attached hydrogen (secondary N) is 1. The summed E-state index contributed by atoms with van der Waals surface area (Å²) in [4.78, 5) is 13.4. The molecule has 4 heteroatoms. The van der Waals surface area contributed by atoms with Crippen LogP contribution in [0.15, 0.2) is 65.6 Å². The molecular weight excluding hydrogens is 306 g/mol. The average molecular weight is 329 g/mol. The summed E-state index contributed by atoms with van der Waals surface area (Å²) in [6.07, 6.45) is -0.117. The van der Waals surface area contributed by atoms with Crippen LogP contribution in [0, 0.1) is 5.92 Å². The summed E-state index contributed by atoms with van der Waals surface area (Å²) in [6.45, 7) is 2.44. The molecule has 0 aliphatic heterocycles. The van der Waals surface area contributed by atoms with E-state index in [1.54, 1.807) is 18.9 Å². The summed E-state index contributed by atoms with van der Waals surface area (Å²) in [6, 6.07) is 20.1. The van der Waals surface area contributed by atoms with E-state index in [1.807, 2.05) is 55.5 Å². The van der Waals surface area contributed by atoms with E-state index in [9.17, 15) is 4.79 Å². The zero-order valence-electron chi connectivity index (χ0n) is 13.6. The molecule has 2 aromatic rings. The molecule has 0 saturated heterocycles. The standard InChI is InChI=1S/C19H23NO2S/c1-15(14-23-17-11-7-4-8-12-17)19(21)20-13-18(22-2)16-9-5-3-6-10-16/h3-12,15,18H,13-14H2,1-2H3,(H,20,21). The fraction of sp³-hybridized carbons (Fsp3) is 0.316. The van der Waals surface area contributed by atoms with Gasteiger partial charge in [0.25, 0.3) is 0 Å². The number of ether oxygens (including phenoxy) is 1. The van der Waals surface area contributed by atoms with Gasteiger partial charge in [0.1, 0.15) is 0 Å². The minimum atomic E-state index is -0.117. The Bertz CT molecular complexity index is 589. The largest absolute Gasteiger partial charge is 0.375 e. The van der Waals surface area contributed by atoms with E-state index in [4.69, 9.17) is 4.74 Å². The highest BCUT2D eigenvalue weighted by Gasteiger charge is 2.16. The van der Waals surface area contributed by atoms with Crippen molar-refractivity contribution in [2.45, 2.75) is 17.9 Å². The predicted molar refractivity (Wildman–Crippen MR) is 95.5 cm³/mol. The molecule has 0 aliphatic rings. The maximum atomic E-state index is 12.2. The Labute approximate surface area is 142 Å². The van der Waals surface area contributed by atoms with Crippen molar-refractivity contribution in [3.05, 3.63) is 66.2 Å². The van der Waals surface area contributed by atoms with Crippen LogP contribution < -0.4 is 5.32 Å². The lowest BCUT2D eigenvalue weighted by atomic mass is 10.1. The predicted octanol–water partition coefficient (Wildman–Crippen LogP) is 3.92. The van der Waals surface area contributed by atoms with Gasteiger partial charge in [0, 0.05) is 30.2 Å². The second kappa shape index (κ2) is 9.38. The molecule has 0 fully saturated rings.